The molecule has 1 aromatic heterocycles. The van der Waals surface area contributed by atoms with Crippen LogP contribution in [0.4, 0.5) is 5.95 Å². The second-order valence-electron chi connectivity index (χ2n) is 9.64. The molecular weight excluding hydrogens is 384 g/mol. The van der Waals surface area contributed by atoms with Crippen LogP contribution >= 0.6 is 11.6 Å². The maximum absolute atomic E-state index is 6.45. The third-order valence-corrected chi connectivity index (χ3v) is 7.51. The van der Waals surface area contributed by atoms with E-state index in [1.807, 2.05) is 0 Å². The third-order valence-electron chi connectivity index (χ3n) is 7.32. The molecule has 3 heterocycles. The highest BCUT2D eigenvalue weighted by Gasteiger charge is 2.43. The van der Waals surface area contributed by atoms with Crippen molar-refractivity contribution in [3.8, 4) is 0 Å². The predicted molar refractivity (Wildman–Crippen MR) is 118 cm³/mol. The molecule has 6 heteroatoms. The van der Waals surface area contributed by atoms with Crippen molar-refractivity contribution in [1.29, 1.82) is 0 Å². The van der Waals surface area contributed by atoms with Gasteiger partial charge in [-0.25, -0.2) is 9.97 Å². The van der Waals surface area contributed by atoms with Crippen LogP contribution in [0.25, 0.3) is 0 Å². The highest BCUT2D eigenvalue weighted by atomic mass is 35.5. The molecule has 3 fully saturated rings. The van der Waals surface area contributed by atoms with Crippen LogP contribution < -0.4 is 10.2 Å². The Morgan fingerprint density at radius 3 is 2.48 bits per heavy atom. The number of nitrogens with zero attached hydrogens (tertiary/aromatic N) is 3. The molecule has 1 saturated carbocycles. The Kier molecular flexibility index (Phi) is 7.30. The molecular formula is C23H37ClN4O. The molecule has 0 amide bonds. The van der Waals surface area contributed by atoms with E-state index >= 15 is 0 Å². The Hall–Kier alpha value is -0.910. The maximum Gasteiger partial charge on any atom is 0.225 e. The van der Waals surface area contributed by atoms with Crippen LogP contribution in [0.15, 0.2) is 12.4 Å². The number of anilines is 1. The lowest BCUT2D eigenvalue weighted by Gasteiger charge is -2.33. The van der Waals surface area contributed by atoms with Gasteiger partial charge in [0.15, 0.2) is 0 Å². The van der Waals surface area contributed by atoms with Crippen molar-refractivity contribution in [2.75, 3.05) is 37.7 Å². The number of hydrogen-bond donors (Lipinski definition) is 1. The van der Waals surface area contributed by atoms with E-state index in [1.165, 1.54) is 38.5 Å². The zero-order valence-corrected chi connectivity index (χ0v) is 18.8. The van der Waals surface area contributed by atoms with Crippen LogP contribution in [0, 0.1) is 29.6 Å². The highest BCUT2D eigenvalue weighted by Crippen LogP contribution is 2.50. The number of ether oxygens (including phenoxy) is 1. The standard InChI is InChI=1S/C23H37ClN4O/c1-16(2)22(18-3-8-25-9-4-18)29-12-7-19-13-21(19)17-5-10-28(11-6-17)23-26-14-20(24)15-27-23/h14-19,21-22,25H,3-13H2,1-2H3. The van der Waals surface area contributed by atoms with E-state index in [4.69, 9.17) is 16.3 Å². The van der Waals surface area contributed by atoms with Crippen LogP contribution in [0.2, 0.25) is 5.02 Å². The molecule has 1 aliphatic carbocycles. The predicted octanol–water partition coefficient (Wildman–Crippen LogP) is 4.41. The number of aromatic nitrogens is 2. The number of halogens is 1. The average molecular weight is 421 g/mol. The Balaban J connectivity index is 1.16. The fraction of sp³-hybridized carbons (Fsp3) is 0.826. The molecule has 0 bridgehead atoms. The van der Waals surface area contributed by atoms with E-state index in [1.54, 1.807) is 12.4 Å². The van der Waals surface area contributed by atoms with Crippen molar-refractivity contribution in [1.82, 2.24) is 15.3 Å². The van der Waals surface area contributed by atoms with Gasteiger partial charge in [-0.1, -0.05) is 25.4 Å². The van der Waals surface area contributed by atoms with E-state index in [-0.39, 0.29) is 0 Å². The van der Waals surface area contributed by atoms with Crippen LogP contribution in [0.3, 0.4) is 0 Å². The van der Waals surface area contributed by atoms with Crippen molar-refractivity contribution in [2.45, 2.75) is 58.5 Å². The number of hydrogen-bond acceptors (Lipinski definition) is 5. The van der Waals surface area contributed by atoms with Gasteiger partial charge in [-0.05, 0) is 81.2 Å². The van der Waals surface area contributed by atoms with E-state index in [2.05, 4.69) is 34.0 Å². The molecule has 2 aliphatic heterocycles. The molecule has 3 atom stereocenters. The zero-order chi connectivity index (χ0) is 20.2. The van der Waals surface area contributed by atoms with Gasteiger partial charge in [-0.2, -0.15) is 0 Å². The summed E-state index contributed by atoms with van der Waals surface area (Å²) in [7, 11) is 0. The minimum Gasteiger partial charge on any atom is -0.378 e. The van der Waals surface area contributed by atoms with E-state index < -0.39 is 0 Å². The van der Waals surface area contributed by atoms with Gasteiger partial charge in [0, 0.05) is 19.7 Å². The topological polar surface area (TPSA) is 50.3 Å². The van der Waals surface area contributed by atoms with Gasteiger partial charge in [0.2, 0.25) is 5.95 Å². The van der Waals surface area contributed by atoms with Crippen LogP contribution in [-0.2, 0) is 4.74 Å². The Labute approximate surface area is 181 Å². The van der Waals surface area contributed by atoms with Crippen molar-refractivity contribution in [2.24, 2.45) is 29.6 Å². The minimum atomic E-state index is 0.442. The van der Waals surface area contributed by atoms with E-state index in [0.29, 0.717) is 17.0 Å². The van der Waals surface area contributed by atoms with Crippen molar-refractivity contribution >= 4 is 17.5 Å². The van der Waals surface area contributed by atoms with Gasteiger partial charge in [0.05, 0.1) is 23.5 Å². The molecule has 0 aromatic carbocycles. The highest BCUT2D eigenvalue weighted by molar-refractivity contribution is 6.30. The summed E-state index contributed by atoms with van der Waals surface area (Å²) >= 11 is 5.91. The molecule has 29 heavy (non-hydrogen) atoms. The van der Waals surface area contributed by atoms with E-state index in [0.717, 1.165) is 62.4 Å². The molecule has 1 aromatic rings. The summed E-state index contributed by atoms with van der Waals surface area (Å²) in [6.07, 6.45) is 11.6. The number of nitrogens with one attached hydrogen (secondary N) is 1. The monoisotopic (exact) mass is 420 g/mol. The Morgan fingerprint density at radius 2 is 1.83 bits per heavy atom. The lowest BCUT2D eigenvalue weighted by Crippen LogP contribution is -2.38. The summed E-state index contributed by atoms with van der Waals surface area (Å²) in [6, 6.07) is 0. The largest absolute Gasteiger partial charge is 0.378 e. The molecule has 0 radical (unpaired) electrons. The normalized spacial score (nSPS) is 27.4. The molecule has 3 aliphatic rings. The van der Waals surface area contributed by atoms with Gasteiger partial charge in [-0.3, -0.25) is 0 Å². The zero-order valence-electron chi connectivity index (χ0n) is 18.0. The third kappa shape index (κ3) is 5.62. The second kappa shape index (κ2) is 9.93. The molecule has 2 saturated heterocycles. The fourth-order valence-corrected chi connectivity index (χ4v) is 5.68. The smallest absolute Gasteiger partial charge is 0.225 e. The summed E-state index contributed by atoms with van der Waals surface area (Å²) in [5.74, 6) is 4.86. The van der Waals surface area contributed by atoms with Gasteiger partial charge < -0.3 is 15.0 Å². The van der Waals surface area contributed by atoms with Crippen LogP contribution in [0.1, 0.15) is 52.4 Å². The van der Waals surface area contributed by atoms with Crippen LogP contribution in [0.5, 0.6) is 0 Å². The summed E-state index contributed by atoms with van der Waals surface area (Å²) in [6.45, 7) is 10.0. The fourth-order valence-electron chi connectivity index (χ4n) is 5.58. The lowest BCUT2D eigenvalue weighted by molar-refractivity contribution is -0.0289. The van der Waals surface area contributed by atoms with Crippen molar-refractivity contribution in [3.63, 3.8) is 0 Å². The lowest BCUT2D eigenvalue weighted by atomic mass is 9.86. The average Bonchev–Trinajstić information content (AvgIpc) is 3.52. The first-order chi connectivity index (χ1) is 14.1. The SMILES string of the molecule is CC(C)C(OCCC1CC1C1CCN(c2ncc(Cl)cn2)CC1)C1CCNCC1. The van der Waals surface area contributed by atoms with Gasteiger partial charge in [-0.15, -0.1) is 0 Å². The number of rotatable bonds is 8. The number of piperidine rings is 2. The Bertz CT molecular complexity index is 626. The minimum absolute atomic E-state index is 0.442. The molecule has 3 unspecified atom stereocenters. The Morgan fingerprint density at radius 1 is 1.14 bits per heavy atom. The quantitative estimate of drug-likeness (QED) is 0.674. The van der Waals surface area contributed by atoms with Gasteiger partial charge >= 0.3 is 0 Å². The van der Waals surface area contributed by atoms with Gasteiger partial charge in [0.1, 0.15) is 0 Å². The summed E-state index contributed by atoms with van der Waals surface area (Å²) < 4.78 is 6.45. The molecule has 162 valence electrons. The maximum atomic E-state index is 6.45. The summed E-state index contributed by atoms with van der Waals surface area (Å²) in [5, 5.41) is 4.08. The molecule has 5 nitrogen and oxygen atoms in total. The molecule has 4 rings (SSSR count). The van der Waals surface area contributed by atoms with Crippen LogP contribution in [-0.4, -0.2) is 48.9 Å². The summed E-state index contributed by atoms with van der Waals surface area (Å²) in [4.78, 5) is 11.1. The summed E-state index contributed by atoms with van der Waals surface area (Å²) in [5.41, 5.74) is 0. The molecule has 0 spiro atoms. The van der Waals surface area contributed by atoms with Crippen molar-refractivity contribution < 1.29 is 4.74 Å². The molecule has 1 N–H and O–H groups in total. The first kappa shape index (κ1) is 21.3. The second-order valence-corrected chi connectivity index (χ2v) is 10.1. The first-order valence-corrected chi connectivity index (χ1v) is 12.0. The van der Waals surface area contributed by atoms with Gasteiger partial charge in [0.25, 0.3) is 0 Å². The van der Waals surface area contributed by atoms with E-state index in [9.17, 15) is 0 Å². The van der Waals surface area contributed by atoms with Crippen molar-refractivity contribution in [3.05, 3.63) is 17.4 Å². The first-order valence-electron chi connectivity index (χ1n) is 11.7.